The Kier molecular flexibility index (Phi) is 6.48. The van der Waals surface area contributed by atoms with Gasteiger partial charge in [-0.05, 0) is 37.8 Å². The molecule has 2 aromatic rings. The molecule has 156 valence electrons. The Morgan fingerprint density at radius 1 is 1.07 bits per heavy atom. The summed E-state index contributed by atoms with van der Waals surface area (Å²) in [5.41, 5.74) is 0.995. The van der Waals surface area contributed by atoms with E-state index in [1.165, 1.54) is 19.3 Å². The lowest BCUT2D eigenvalue weighted by Gasteiger charge is -2.32. The van der Waals surface area contributed by atoms with Crippen LogP contribution in [0.15, 0.2) is 24.3 Å². The lowest BCUT2D eigenvalue weighted by molar-refractivity contribution is -0.157. The summed E-state index contributed by atoms with van der Waals surface area (Å²) in [6, 6.07) is 8.40. The number of esters is 1. The first-order valence-electron chi connectivity index (χ1n) is 10.9. The van der Waals surface area contributed by atoms with Gasteiger partial charge in [-0.15, -0.1) is 11.3 Å². The van der Waals surface area contributed by atoms with Gasteiger partial charge in [0.2, 0.25) is 0 Å². The van der Waals surface area contributed by atoms with Crippen molar-refractivity contribution >= 4 is 33.4 Å². The zero-order chi connectivity index (χ0) is 20.2. The van der Waals surface area contributed by atoms with Gasteiger partial charge in [0, 0.05) is 19.0 Å². The lowest BCUT2D eigenvalue weighted by atomic mass is 9.79. The van der Waals surface area contributed by atoms with Gasteiger partial charge in [0.05, 0.1) is 21.1 Å². The van der Waals surface area contributed by atoms with Crippen molar-refractivity contribution in [3.05, 3.63) is 29.3 Å². The van der Waals surface area contributed by atoms with Gasteiger partial charge in [0.25, 0.3) is 5.91 Å². The third kappa shape index (κ3) is 4.63. The van der Waals surface area contributed by atoms with E-state index in [9.17, 15) is 9.59 Å². The molecule has 0 aliphatic heterocycles. The summed E-state index contributed by atoms with van der Waals surface area (Å²) in [5.74, 6) is -0.422. The van der Waals surface area contributed by atoms with E-state index in [-0.39, 0.29) is 30.3 Å². The van der Waals surface area contributed by atoms with E-state index in [0.29, 0.717) is 6.04 Å². The first-order chi connectivity index (χ1) is 14.1. The third-order valence-corrected chi connectivity index (χ3v) is 7.72. The van der Waals surface area contributed by atoms with Crippen molar-refractivity contribution in [1.82, 2.24) is 9.88 Å². The van der Waals surface area contributed by atoms with Crippen molar-refractivity contribution in [2.75, 3.05) is 13.7 Å². The fourth-order valence-corrected chi connectivity index (χ4v) is 5.94. The van der Waals surface area contributed by atoms with Gasteiger partial charge in [0.1, 0.15) is 0 Å². The van der Waals surface area contributed by atoms with Gasteiger partial charge >= 0.3 is 5.97 Å². The van der Waals surface area contributed by atoms with Crippen LogP contribution in [-0.2, 0) is 14.3 Å². The minimum absolute atomic E-state index is 0.0856. The van der Waals surface area contributed by atoms with Gasteiger partial charge in [-0.1, -0.05) is 44.2 Å². The fourth-order valence-electron chi connectivity index (χ4n) is 4.77. The van der Waals surface area contributed by atoms with E-state index in [4.69, 9.17) is 9.72 Å². The van der Waals surface area contributed by atoms with Gasteiger partial charge in [-0.2, -0.15) is 0 Å². The molecule has 29 heavy (non-hydrogen) atoms. The summed E-state index contributed by atoms with van der Waals surface area (Å²) in [6.45, 7) is -0.144. The number of hydrogen-bond donors (Lipinski definition) is 0. The monoisotopic (exact) mass is 414 g/mol. The van der Waals surface area contributed by atoms with Crippen molar-refractivity contribution in [2.45, 2.75) is 69.7 Å². The average molecular weight is 415 g/mol. The van der Waals surface area contributed by atoms with Crippen LogP contribution in [-0.4, -0.2) is 41.5 Å². The highest BCUT2D eigenvalue weighted by molar-refractivity contribution is 7.18. The van der Waals surface area contributed by atoms with Crippen LogP contribution in [0, 0.1) is 5.92 Å². The maximum atomic E-state index is 12.9. The normalized spacial score (nSPS) is 23.1. The molecule has 1 aromatic heterocycles. The number of carbonyl (C=O) groups is 2. The van der Waals surface area contributed by atoms with E-state index in [2.05, 4.69) is 6.07 Å². The minimum atomic E-state index is -0.237. The number of rotatable bonds is 5. The highest BCUT2D eigenvalue weighted by Crippen LogP contribution is 2.41. The van der Waals surface area contributed by atoms with E-state index in [1.807, 2.05) is 25.2 Å². The zero-order valence-electron chi connectivity index (χ0n) is 17.1. The molecule has 0 bridgehead atoms. The number of amides is 1. The summed E-state index contributed by atoms with van der Waals surface area (Å²) in [6.07, 6.45) is 9.60. The SMILES string of the molecule is CN(C(=O)COC(=O)C1CCCCC1c1nc2ccccc2s1)C1CCCCC1. The van der Waals surface area contributed by atoms with Crippen LogP contribution < -0.4 is 0 Å². The van der Waals surface area contributed by atoms with E-state index < -0.39 is 0 Å². The smallest absolute Gasteiger partial charge is 0.310 e. The van der Waals surface area contributed by atoms with Crippen LogP contribution in [0.1, 0.15) is 68.7 Å². The number of hydrogen-bond acceptors (Lipinski definition) is 5. The number of benzene rings is 1. The standard InChI is InChI=1S/C23H30N2O3S/c1-25(16-9-3-2-4-10-16)21(26)15-28-23(27)18-12-6-5-11-17(18)22-24-19-13-7-8-14-20(19)29-22/h7-8,13-14,16-18H,2-6,9-12,15H2,1H3. The Bertz CT molecular complexity index is 826. The quantitative estimate of drug-likeness (QED) is 0.653. The molecule has 5 nitrogen and oxygen atoms in total. The number of ether oxygens (including phenoxy) is 1. The summed E-state index contributed by atoms with van der Waals surface area (Å²) < 4.78 is 6.68. The van der Waals surface area contributed by atoms with Gasteiger partial charge < -0.3 is 9.64 Å². The molecule has 6 heteroatoms. The molecular weight excluding hydrogens is 384 g/mol. The summed E-state index contributed by atoms with van der Waals surface area (Å²) in [5, 5.41) is 1.03. The molecule has 2 aliphatic rings. The summed E-state index contributed by atoms with van der Waals surface area (Å²) >= 11 is 1.68. The first-order valence-corrected chi connectivity index (χ1v) is 11.7. The predicted octanol–water partition coefficient (Wildman–Crippen LogP) is 4.90. The van der Waals surface area contributed by atoms with Gasteiger partial charge in [-0.25, -0.2) is 4.98 Å². The molecule has 0 radical (unpaired) electrons. The van der Waals surface area contributed by atoms with Crippen LogP contribution in [0.3, 0.4) is 0 Å². The minimum Gasteiger partial charge on any atom is -0.455 e. The van der Waals surface area contributed by atoms with Crippen LogP contribution in [0.5, 0.6) is 0 Å². The third-order valence-electron chi connectivity index (χ3n) is 6.55. The van der Waals surface area contributed by atoms with Crippen molar-refractivity contribution in [1.29, 1.82) is 0 Å². The molecule has 1 aromatic carbocycles. The number of carbonyl (C=O) groups excluding carboxylic acids is 2. The molecule has 2 atom stereocenters. The van der Waals surface area contributed by atoms with Crippen LogP contribution >= 0.6 is 11.3 Å². The maximum Gasteiger partial charge on any atom is 0.310 e. The van der Waals surface area contributed by atoms with E-state index in [1.54, 1.807) is 16.2 Å². The molecule has 4 rings (SSSR count). The predicted molar refractivity (Wildman–Crippen MR) is 115 cm³/mol. The van der Waals surface area contributed by atoms with E-state index >= 15 is 0 Å². The Balaban J connectivity index is 1.39. The van der Waals surface area contributed by atoms with Crippen molar-refractivity contribution in [2.24, 2.45) is 5.92 Å². The molecule has 1 amide bonds. The lowest BCUT2D eigenvalue weighted by Crippen LogP contribution is -2.41. The number of nitrogens with zero attached hydrogens (tertiary/aromatic N) is 2. The maximum absolute atomic E-state index is 12.9. The zero-order valence-corrected chi connectivity index (χ0v) is 18.0. The molecule has 2 fully saturated rings. The fraction of sp³-hybridized carbons (Fsp3) is 0.609. The molecule has 0 saturated heterocycles. The molecule has 2 saturated carbocycles. The average Bonchev–Trinajstić information content (AvgIpc) is 3.21. The molecule has 2 aliphatic carbocycles. The van der Waals surface area contributed by atoms with Crippen LogP contribution in [0.2, 0.25) is 0 Å². The Labute approximate surface area is 176 Å². The molecule has 2 unspecified atom stereocenters. The second kappa shape index (κ2) is 9.24. The molecular formula is C23H30N2O3S. The second-order valence-corrected chi connectivity index (χ2v) is 9.48. The number of likely N-dealkylation sites (N-methyl/N-ethyl adjacent to an activating group) is 1. The van der Waals surface area contributed by atoms with E-state index in [0.717, 1.165) is 53.7 Å². The second-order valence-electron chi connectivity index (χ2n) is 8.42. The number of aromatic nitrogens is 1. The van der Waals surface area contributed by atoms with Crippen molar-refractivity contribution in [3.63, 3.8) is 0 Å². The highest BCUT2D eigenvalue weighted by Gasteiger charge is 2.35. The topological polar surface area (TPSA) is 59.5 Å². The van der Waals surface area contributed by atoms with Gasteiger partial charge in [0.15, 0.2) is 6.61 Å². The van der Waals surface area contributed by atoms with Gasteiger partial charge in [-0.3, -0.25) is 9.59 Å². The molecule has 1 heterocycles. The Morgan fingerprint density at radius 3 is 2.59 bits per heavy atom. The first kappa shape index (κ1) is 20.3. The number of para-hydroxylation sites is 1. The highest BCUT2D eigenvalue weighted by atomic mass is 32.1. The Hall–Kier alpha value is -1.95. The van der Waals surface area contributed by atoms with Crippen molar-refractivity contribution in [3.8, 4) is 0 Å². The Morgan fingerprint density at radius 2 is 1.79 bits per heavy atom. The van der Waals surface area contributed by atoms with Crippen LogP contribution in [0.25, 0.3) is 10.2 Å². The summed E-state index contributed by atoms with van der Waals surface area (Å²) in [7, 11) is 1.84. The molecule has 0 spiro atoms. The largest absolute Gasteiger partial charge is 0.455 e. The van der Waals surface area contributed by atoms with Crippen molar-refractivity contribution < 1.29 is 14.3 Å². The summed E-state index contributed by atoms with van der Waals surface area (Å²) in [4.78, 5) is 32.0. The molecule has 0 N–H and O–H groups in total. The van der Waals surface area contributed by atoms with Crippen LogP contribution in [0.4, 0.5) is 0 Å². The number of thiazole rings is 1. The number of fused-ring (bicyclic) bond motifs is 1.